The molecule has 1 aliphatic carbocycles. The highest BCUT2D eigenvalue weighted by molar-refractivity contribution is 7.98. The number of alkyl halides is 3. The first-order chi connectivity index (χ1) is 23.6. The highest BCUT2D eigenvalue weighted by Gasteiger charge is 2.31. The molecule has 1 fully saturated rings. The summed E-state index contributed by atoms with van der Waals surface area (Å²) in [6.45, 7) is 5.44. The summed E-state index contributed by atoms with van der Waals surface area (Å²) < 4.78 is 54.6. The lowest BCUT2D eigenvalue weighted by Gasteiger charge is -2.39. The van der Waals surface area contributed by atoms with Gasteiger partial charge in [0, 0.05) is 42.7 Å². The van der Waals surface area contributed by atoms with Crippen molar-refractivity contribution in [2.24, 2.45) is 0 Å². The maximum Gasteiger partial charge on any atom is 0.416 e. The van der Waals surface area contributed by atoms with E-state index in [9.17, 15) is 27.2 Å². The van der Waals surface area contributed by atoms with E-state index in [1.807, 2.05) is 33.7 Å². The van der Waals surface area contributed by atoms with E-state index in [1.54, 1.807) is 12.1 Å². The van der Waals surface area contributed by atoms with E-state index in [1.165, 1.54) is 36.0 Å². The van der Waals surface area contributed by atoms with Gasteiger partial charge in [0.05, 0.1) is 5.56 Å². The SMILES string of the molecule is CCCN1CCC(N(Cc2ccc(-c3ccc(C(F)(F)F)cc3)cc2)C(=O)Cn2c(SCc3ccc(F)cc3)nc(=O)c3c2CCC3)CC1. The summed E-state index contributed by atoms with van der Waals surface area (Å²) in [5.41, 5.74) is 3.90. The van der Waals surface area contributed by atoms with Gasteiger partial charge in [-0.2, -0.15) is 18.2 Å². The van der Waals surface area contributed by atoms with Gasteiger partial charge in [-0.25, -0.2) is 4.39 Å². The molecule has 4 aromatic rings. The largest absolute Gasteiger partial charge is 0.416 e. The third kappa shape index (κ3) is 8.44. The molecule has 3 aromatic carbocycles. The zero-order chi connectivity index (χ0) is 34.5. The van der Waals surface area contributed by atoms with Crippen LogP contribution in [0.15, 0.2) is 82.7 Å². The number of nitrogens with zero attached hydrogens (tertiary/aromatic N) is 4. The fourth-order valence-corrected chi connectivity index (χ4v) is 7.82. The second-order valence-electron chi connectivity index (χ2n) is 12.8. The summed E-state index contributed by atoms with van der Waals surface area (Å²) in [4.78, 5) is 36.2. The summed E-state index contributed by atoms with van der Waals surface area (Å²) in [5, 5.41) is 0.488. The summed E-state index contributed by atoms with van der Waals surface area (Å²) >= 11 is 1.38. The number of fused-ring (bicyclic) bond motifs is 1. The van der Waals surface area contributed by atoms with Gasteiger partial charge in [-0.1, -0.05) is 67.2 Å². The Hall–Kier alpha value is -3.96. The number of hydrogen-bond donors (Lipinski definition) is 0. The van der Waals surface area contributed by atoms with Crippen molar-refractivity contribution in [2.75, 3.05) is 19.6 Å². The molecular weight excluding hydrogens is 653 g/mol. The first-order valence-corrected chi connectivity index (χ1v) is 17.9. The quantitative estimate of drug-likeness (QED) is 0.0915. The number of thioether (sulfide) groups is 1. The second-order valence-corrected chi connectivity index (χ2v) is 13.8. The Labute approximate surface area is 288 Å². The molecule has 0 radical (unpaired) electrons. The van der Waals surface area contributed by atoms with Crippen molar-refractivity contribution in [1.29, 1.82) is 0 Å². The van der Waals surface area contributed by atoms with E-state index < -0.39 is 11.7 Å². The van der Waals surface area contributed by atoms with Gasteiger partial charge in [0.2, 0.25) is 5.91 Å². The number of aromatic nitrogens is 2. The molecule has 6 rings (SSSR count). The topological polar surface area (TPSA) is 58.4 Å². The van der Waals surface area contributed by atoms with Crippen LogP contribution in [0.25, 0.3) is 11.1 Å². The molecule has 11 heteroatoms. The fraction of sp³-hybridized carbons (Fsp3) is 0.395. The number of likely N-dealkylation sites (tertiary alicyclic amines) is 1. The third-order valence-electron chi connectivity index (χ3n) is 9.49. The van der Waals surface area contributed by atoms with Crippen LogP contribution in [-0.4, -0.2) is 50.9 Å². The minimum Gasteiger partial charge on any atom is -0.334 e. The molecule has 2 heterocycles. The van der Waals surface area contributed by atoms with Gasteiger partial charge in [-0.15, -0.1) is 0 Å². The lowest BCUT2D eigenvalue weighted by molar-refractivity contribution is -0.138. The van der Waals surface area contributed by atoms with E-state index in [4.69, 9.17) is 0 Å². The number of amides is 1. The average molecular weight is 693 g/mol. The van der Waals surface area contributed by atoms with Crippen molar-refractivity contribution in [3.05, 3.63) is 117 Å². The highest BCUT2D eigenvalue weighted by Crippen LogP contribution is 2.32. The molecular formula is C38H40F4N4O2S. The van der Waals surface area contributed by atoms with Gasteiger partial charge in [-0.05, 0) is 91.6 Å². The highest BCUT2D eigenvalue weighted by atomic mass is 32.2. The predicted molar refractivity (Wildman–Crippen MR) is 184 cm³/mol. The van der Waals surface area contributed by atoms with Gasteiger partial charge < -0.3 is 14.4 Å². The van der Waals surface area contributed by atoms with Crippen molar-refractivity contribution >= 4 is 17.7 Å². The summed E-state index contributed by atoms with van der Waals surface area (Å²) in [6.07, 6.45) is 0.552. The average Bonchev–Trinajstić information content (AvgIpc) is 3.60. The Balaban J connectivity index is 1.25. The molecule has 2 aliphatic rings. The van der Waals surface area contributed by atoms with Crippen molar-refractivity contribution in [1.82, 2.24) is 19.4 Å². The van der Waals surface area contributed by atoms with Crippen LogP contribution < -0.4 is 5.56 Å². The van der Waals surface area contributed by atoms with Crippen LogP contribution in [0.2, 0.25) is 0 Å². The smallest absolute Gasteiger partial charge is 0.334 e. The van der Waals surface area contributed by atoms with Crippen LogP contribution in [0.3, 0.4) is 0 Å². The van der Waals surface area contributed by atoms with Crippen LogP contribution in [0.4, 0.5) is 17.6 Å². The van der Waals surface area contributed by atoms with E-state index >= 15 is 0 Å². The zero-order valence-corrected chi connectivity index (χ0v) is 28.3. The molecule has 0 spiro atoms. The minimum atomic E-state index is -4.39. The van der Waals surface area contributed by atoms with E-state index in [0.717, 1.165) is 79.8 Å². The number of benzene rings is 3. The lowest BCUT2D eigenvalue weighted by Crippen LogP contribution is -2.48. The van der Waals surface area contributed by atoms with Crippen LogP contribution in [-0.2, 0) is 42.7 Å². The maximum absolute atomic E-state index is 14.4. The Morgan fingerprint density at radius 1 is 0.918 bits per heavy atom. The summed E-state index contributed by atoms with van der Waals surface area (Å²) in [6, 6.07) is 19.0. The van der Waals surface area contributed by atoms with Gasteiger partial charge in [0.25, 0.3) is 5.56 Å². The first-order valence-electron chi connectivity index (χ1n) is 16.9. The van der Waals surface area contributed by atoms with Gasteiger partial charge in [-0.3, -0.25) is 9.59 Å². The molecule has 0 atom stereocenters. The summed E-state index contributed by atoms with van der Waals surface area (Å²) in [5.74, 6) is 0.107. The molecule has 0 unspecified atom stereocenters. The Morgan fingerprint density at radius 3 is 2.18 bits per heavy atom. The van der Waals surface area contributed by atoms with Crippen LogP contribution in [0.5, 0.6) is 0 Å². The second kappa shape index (κ2) is 15.3. The van der Waals surface area contributed by atoms with Crippen molar-refractivity contribution in [3.8, 4) is 11.1 Å². The molecule has 0 bridgehead atoms. The molecule has 1 amide bonds. The number of carbonyl (C=O) groups excluding carboxylic acids is 1. The van der Waals surface area contributed by atoms with Crippen molar-refractivity contribution in [3.63, 3.8) is 0 Å². The number of hydrogen-bond acceptors (Lipinski definition) is 5. The van der Waals surface area contributed by atoms with Gasteiger partial charge in [0.1, 0.15) is 12.4 Å². The molecule has 0 saturated carbocycles. The lowest BCUT2D eigenvalue weighted by atomic mass is 10.00. The van der Waals surface area contributed by atoms with Gasteiger partial charge in [0.15, 0.2) is 5.16 Å². The molecule has 49 heavy (non-hydrogen) atoms. The molecule has 1 aliphatic heterocycles. The maximum atomic E-state index is 14.4. The van der Waals surface area contributed by atoms with Gasteiger partial charge >= 0.3 is 6.18 Å². The van der Waals surface area contributed by atoms with Crippen LogP contribution in [0, 0.1) is 5.82 Å². The van der Waals surface area contributed by atoms with Crippen molar-refractivity contribution < 1.29 is 22.4 Å². The number of halogens is 4. The van der Waals surface area contributed by atoms with E-state index in [-0.39, 0.29) is 29.9 Å². The standard InChI is InChI=1S/C38H40F4N4O2S/c1-2-20-44-21-18-32(19-22-44)45(23-26-6-10-28(11-7-26)29-12-14-30(15-13-29)38(40,41)42)35(47)24-46-34-5-3-4-33(34)36(48)43-37(46)49-25-27-8-16-31(39)17-9-27/h6-17,32H,2-5,18-25H2,1H3. The number of carbonyl (C=O) groups is 1. The Bertz CT molecular complexity index is 1800. The zero-order valence-electron chi connectivity index (χ0n) is 27.5. The summed E-state index contributed by atoms with van der Waals surface area (Å²) in [7, 11) is 0. The normalized spacial score (nSPS) is 15.4. The molecule has 6 nitrogen and oxygen atoms in total. The third-order valence-corrected chi connectivity index (χ3v) is 10.5. The predicted octanol–water partition coefficient (Wildman–Crippen LogP) is 7.75. The van der Waals surface area contributed by atoms with Crippen molar-refractivity contribution in [2.45, 2.75) is 81.7 Å². The van der Waals surface area contributed by atoms with E-state index in [2.05, 4.69) is 16.8 Å². The minimum absolute atomic E-state index is 0.0332. The molecule has 1 aromatic heterocycles. The number of rotatable bonds is 11. The molecule has 0 N–H and O–H groups in total. The molecule has 1 saturated heterocycles. The Kier molecular flexibility index (Phi) is 10.9. The molecule has 258 valence electrons. The van der Waals surface area contributed by atoms with E-state index in [0.29, 0.717) is 41.4 Å². The first kappa shape index (κ1) is 34.9. The fourth-order valence-electron chi connectivity index (χ4n) is 6.86. The van der Waals surface area contributed by atoms with Crippen LogP contribution >= 0.6 is 11.8 Å². The number of piperidine rings is 1. The monoisotopic (exact) mass is 692 g/mol. The van der Waals surface area contributed by atoms with Crippen LogP contribution in [0.1, 0.15) is 60.6 Å². The Morgan fingerprint density at radius 2 is 1.55 bits per heavy atom.